The van der Waals surface area contributed by atoms with Crippen LogP contribution in [0.5, 0.6) is 11.5 Å². The van der Waals surface area contributed by atoms with Crippen LogP contribution in [0.15, 0.2) is 125 Å². The molecule has 4 aromatic carbocycles. The topological polar surface area (TPSA) is 330 Å². The highest BCUT2D eigenvalue weighted by Gasteiger charge is 2.13. The maximum atomic E-state index is 12.3. The molecule has 0 spiro atoms. The highest BCUT2D eigenvalue weighted by molar-refractivity contribution is 5.97. The Labute approximate surface area is 519 Å². The number of hydrogen-bond acceptors (Lipinski definition) is 16. The van der Waals surface area contributed by atoms with E-state index in [9.17, 15) is 58.2 Å². The number of carbonyl (C=O) groups excluding carboxylic acids is 4. The van der Waals surface area contributed by atoms with Gasteiger partial charge in [0.25, 0.3) is 22.9 Å². The van der Waals surface area contributed by atoms with Gasteiger partial charge in [0, 0.05) is 51.9 Å². The molecule has 0 bridgehead atoms. The molecule has 6 N–H and O–H groups in total. The summed E-state index contributed by atoms with van der Waals surface area (Å²) in [5.41, 5.74) is 0.613. The highest BCUT2D eigenvalue weighted by atomic mass is 16.5. The third kappa shape index (κ3) is 31.1. The first-order valence-electron chi connectivity index (χ1n) is 30.6. The Bertz CT molecular complexity index is 3110. The van der Waals surface area contributed by atoms with Crippen LogP contribution in [-0.4, -0.2) is 91.6 Å². The maximum Gasteiger partial charge on any atom is 0.422 e. The smallest absolute Gasteiger partial charge is 0.422 e. The van der Waals surface area contributed by atoms with Gasteiger partial charge in [-0.15, -0.1) is 0 Å². The van der Waals surface area contributed by atoms with Crippen molar-refractivity contribution in [3.63, 3.8) is 0 Å². The summed E-state index contributed by atoms with van der Waals surface area (Å²) in [5, 5.41) is 42.3. The summed E-state index contributed by atoms with van der Waals surface area (Å²) in [6.45, 7) is 6.25. The molecule has 0 saturated carbocycles. The highest BCUT2D eigenvalue weighted by Crippen LogP contribution is 2.17. The van der Waals surface area contributed by atoms with E-state index in [4.69, 9.17) is 28.5 Å². The summed E-state index contributed by atoms with van der Waals surface area (Å²) < 4.78 is 22.4. The number of esters is 2. The molecule has 6 aromatic rings. The number of carboxylic acid groups (broad SMARTS) is 2. The number of ether oxygens (including phenoxy) is 2. The van der Waals surface area contributed by atoms with Gasteiger partial charge in [0.1, 0.15) is 22.7 Å². The number of rotatable bonds is 36. The number of nitrogens with one attached hydrogen (secondary N) is 2. The fourth-order valence-corrected chi connectivity index (χ4v) is 9.00. The number of aromatic hydroxyl groups is 2. The van der Waals surface area contributed by atoms with Crippen molar-refractivity contribution < 1.29 is 67.5 Å². The summed E-state index contributed by atoms with van der Waals surface area (Å²) in [5.74, 6) is -3.60. The number of carbonyl (C=O) groups is 6. The largest absolute Gasteiger partial charge is 0.507 e. The van der Waals surface area contributed by atoms with E-state index in [1.165, 1.54) is 12.1 Å². The van der Waals surface area contributed by atoms with Crippen molar-refractivity contribution in [2.45, 2.75) is 188 Å². The van der Waals surface area contributed by atoms with Crippen molar-refractivity contribution in [2.75, 3.05) is 26.3 Å². The van der Waals surface area contributed by atoms with Crippen molar-refractivity contribution in [1.29, 1.82) is 0 Å². The normalized spacial score (nSPS) is 10.4. The quantitative estimate of drug-likeness (QED) is 0.0157. The number of benzene rings is 4. The second-order valence-electron chi connectivity index (χ2n) is 20.7. The zero-order chi connectivity index (χ0) is 64.3. The molecule has 89 heavy (non-hydrogen) atoms. The number of carboxylic acids is 2. The Kier molecular flexibility index (Phi) is 39.0. The molecule has 22 heteroatoms. The van der Waals surface area contributed by atoms with Crippen LogP contribution in [-0.2, 0) is 41.7 Å². The number of fused-ring (bicyclic) bond motifs is 2. The average molecular weight is 1240 g/mol. The summed E-state index contributed by atoms with van der Waals surface area (Å²) in [6, 6.07) is 26.4. The molecule has 0 fully saturated rings. The monoisotopic (exact) mass is 1240 g/mol. The second-order valence-corrected chi connectivity index (χ2v) is 20.7. The Hall–Kier alpha value is -8.82. The van der Waals surface area contributed by atoms with E-state index in [-0.39, 0.29) is 77.8 Å². The molecule has 0 unspecified atom stereocenters. The standard InChI is InChI=1S/2C18H23NO5.2C15H21NO4.CH4/c2*1-2-23-16(20)12-6-4-3-5-9-13-19-17(21)14-10-7-8-11-15(14)24-18(19)22;2*17-13-9-6-5-8-12(13)15(20)16-11-7-3-1-2-4-10-14(18)19;/h2*7-8,10-11H,2-6,9,12-13H2,1H3;2*5-6,8-9,17H,1-4,7,10-11H2,(H,16,20)(H,18,19);1H4. The van der Waals surface area contributed by atoms with Crippen LogP contribution in [0.3, 0.4) is 0 Å². The minimum absolute atomic E-state index is 0. The van der Waals surface area contributed by atoms with Crippen molar-refractivity contribution in [1.82, 2.24) is 19.8 Å². The van der Waals surface area contributed by atoms with Crippen LogP contribution < -0.4 is 33.3 Å². The van der Waals surface area contributed by atoms with E-state index >= 15 is 0 Å². The third-order valence-corrected chi connectivity index (χ3v) is 13.7. The molecular weight excluding hydrogens is 1150 g/mol. The van der Waals surface area contributed by atoms with E-state index in [1.54, 1.807) is 98.8 Å². The Morgan fingerprint density at radius 1 is 0.416 bits per heavy atom. The zero-order valence-corrected chi connectivity index (χ0v) is 50.8. The lowest BCUT2D eigenvalue weighted by molar-refractivity contribution is -0.144. The van der Waals surface area contributed by atoms with Gasteiger partial charge in [-0.1, -0.05) is 133 Å². The Balaban J connectivity index is 0.000000405. The molecule has 0 atom stereocenters. The summed E-state index contributed by atoms with van der Waals surface area (Å²) in [6.07, 6.45) is 18.7. The number of nitrogens with zero attached hydrogens (tertiary/aromatic N) is 2. The van der Waals surface area contributed by atoms with Gasteiger partial charge in [-0.3, -0.25) is 38.4 Å². The van der Waals surface area contributed by atoms with Gasteiger partial charge < -0.3 is 49.4 Å². The van der Waals surface area contributed by atoms with E-state index < -0.39 is 23.5 Å². The van der Waals surface area contributed by atoms with Crippen LogP contribution >= 0.6 is 0 Å². The number of para-hydroxylation sites is 4. The van der Waals surface area contributed by atoms with Crippen molar-refractivity contribution in [2.24, 2.45) is 0 Å². The molecule has 22 nitrogen and oxygen atoms in total. The molecule has 2 aromatic heterocycles. The van der Waals surface area contributed by atoms with Crippen LogP contribution in [0.25, 0.3) is 21.9 Å². The van der Waals surface area contributed by atoms with Gasteiger partial charge in [0.05, 0.1) is 35.1 Å². The van der Waals surface area contributed by atoms with E-state index in [0.29, 0.717) is 87.0 Å². The SMILES string of the molecule is C.CCOC(=O)CCCCCCCn1c(=O)oc2ccccc2c1=O.CCOC(=O)CCCCCCCn1c(=O)oc2ccccc2c1=O.O=C(O)CCCCCCCNC(=O)c1ccccc1O.O=C(O)CCCCCCCNC(=O)c1ccccc1O. The third-order valence-electron chi connectivity index (χ3n) is 13.7. The minimum Gasteiger partial charge on any atom is -0.507 e. The molecule has 0 aliphatic carbocycles. The van der Waals surface area contributed by atoms with E-state index in [0.717, 1.165) is 125 Å². The van der Waals surface area contributed by atoms with E-state index in [2.05, 4.69) is 10.6 Å². The fraction of sp³-hybridized carbons (Fsp3) is 0.493. The van der Waals surface area contributed by atoms with Gasteiger partial charge in [-0.2, -0.15) is 0 Å². The molecule has 488 valence electrons. The number of aliphatic carboxylic acids is 2. The van der Waals surface area contributed by atoms with Crippen LogP contribution in [0.4, 0.5) is 0 Å². The summed E-state index contributed by atoms with van der Waals surface area (Å²) in [7, 11) is 0. The lowest BCUT2D eigenvalue weighted by atomic mass is 10.1. The van der Waals surface area contributed by atoms with Crippen LogP contribution in [0.2, 0.25) is 0 Å². The lowest BCUT2D eigenvalue weighted by Gasteiger charge is -2.06. The molecule has 2 amide bonds. The molecular formula is C67H92N4O18. The summed E-state index contributed by atoms with van der Waals surface area (Å²) >= 11 is 0. The number of phenols is 2. The van der Waals surface area contributed by atoms with Crippen molar-refractivity contribution in [3.8, 4) is 11.5 Å². The molecule has 2 heterocycles. The van der Waals surface area contributed by atoms with Crippen molar-refractivity contribution >= 4 is 57.6 Å². The predicted molar refractivity (Wildman–Crippen MR) is 340 cm³/mol. The first-order chi connectivity index (χ1) is 42.5. The van der Waals surface area contributed by atoms with Gasteiger partial charge in [-0.25, -0.2) is 18.7 Å². The fourth-order valence-electron chi connectivity index (χ4n) is 9.00. The number of phenolic OH excluding ortho intramolecular Hbond substituents is 2. The molecule has 0 aliphatic rings. The second kappa shape index (κ2) is 45.5. The zero-order valence-electron chi connectivity index (χ0n) is 50.8. The Morgan fingerprint density at radius 3 is 1.07 bits per heavy atom. The maximum absolute atomic E-state index is 12.3. The average Bonchev–Trinajstić information content (AvgIpc) is 3.14. The first-order valence-corrected chi connectivity index (χ1v) is 30.6. The van der Waals surface area contributed by atoms with Gasteiger partial charge >= 0.3 is 35.4 Å². The van der Waals surface area contributed by atoms with Crippen LogP contribution in [0.1, 0.15) is 196 Å². The van der Waals surface area contributed by atoms with E-state index in [1.807, 2.05) is 0 Å². The Morgan fingerprint density at radius 2 is 0.719 bits per heavy atom. The van der Waals surface area contributed by atoms with Crippen molar-refractivity contribution in [3.05, 3.63) is 150 Å². The molecule has 0 aliphatic heterocycles. The molecule has 0 radical (unpaired) electrons. The van der Waals surface area contributed by atoms with Crippen LogP contribution in [0, 0.1) is 0 Å². The van der Waals surface area contributed by atoms with Gasteiger partial charge in [-0.05, 0) is 114 Å². The van der Waals surface area contributed by atoms with Gasteiger partial charge in [0.2, 0.25) is 0 Å². The minimum atomic E-state index is -0.750. The number of unbranched alkanes of at least 4 members (excludes halogenated alkanes) is 16. The molecule has 0 saturated heterocycles. The van der Waals surface area contributed by atoms with Gasteiger partial charge in [0.15, 0.2) is 0 Å². The lowest BCUT2D eigenvalue weighted by Crippen LogP contribution is -2.32. The number of hydrogen-bond donors (Lipinski definition) is 6. The summed E-state index contributed by atoms with van der Waals surface area (Å²) in [4.78, 5) is 115. The molecule has 6 rings (SSSR count). The first kappa shape index (κ1) is 76.3. The number of aromatic nitrogens is 2. The predicted octanol–water partition coefficient (Wildman–Crippen LogP) is 11.4. The number of amides is 2.